The fourth-order valence-electron chi connectivity index (χ4n) is 3.66. The van der Waals surface area contributed by atoms with E-state index in [9.17, 15) is 9.59 Å². The summed E-state index contributed by atoms with van der Waals surface area (Å²) in [5.41, 5.74) is 0. The Labute approximate surface area is 180 Å². The molecule has 0 radical (unpaired) electrons. The minimum atomic E-state index is -1.02. The number of carbonyl (C=O) groups excluding carboxylic acids is 1. The van der Waals surface area contributed by atoms with Crippen LogP contribution in [0.15, 0.2) is 12.7 Å². The van der Waals surface area contributed by atoms with Crippen LogP contribution in [0.3, 0.4) is 0 Å². The van der Waals surface area contributed by atoms with Crippen LogP contribution in [-0.4, -0.2) is 68.8 Å². The second-order valence-corrected chi connectivity index (χ2v) is 7.71. The lowest BCUT2D eigenvalue weighted by Gasteiger charge is -2.30. The van der Waals surface area contributed by atoms with Crippen LogP contribution in [0.4, 0.5) is 4.79 Å². The molecule has 2 saturated carbocycles. The average Bonchev–Trinajstić information content (AvgIpc) is 2.76. The maximum Gasteiger partial charge on any atom is 0.407 e. The third kappa shape index (κ3) is 15.2. The maximum atomic E-state index is 10.9. The molecule has 0 aliphatic heterocycles. The highest BCUT2D eigenvalue weighted by Gasteiger charge is 2.19. The van der Waals surface area contributed by atoms with Crippen LogP contribution in [0.5, 0.6) is 0 Å². The van der Waals surface area contributed by atoms with Gasteiger partial charge in [0.05, 0.1) is 19.8 Å². The van der Waals surface area contributed by atoms with Gasteiger partial charge in [-0.25, -0.2) is 9.59 Å². The standard InChI is InChI=1S/C12H23N.C10H17NO6/c1-3-7-11(8-4-1)13-12-9-5-2-6-10-12;1-2-4-17-10(14)11-3-5-15-6-7-16-8-9(12)13/h11-13H,1-10H2;2H,1,3-8H2,(H,11,14)(H,12,13). The predicted molar refractivity (Wildman–Crippen MR) is 116 cm³/mol. The molecule has 174 valence electrons. The van der Waals surface area contributed by atoms with Gasteiger partial charge >= 0.3 is 12.1 Å². The molecule has 2 aliphatic carbocycles. The topological polar surface area (TPSA) is 106 Å². The molecule has 0 aromatic carbocycles. The molecule has 0 spiro atoms. The summed E-state index contributed by atoms with van der Waals surface area (Å²) >= 11 is 0. The summed E-state index contributed by atoms with van der Waals surface area (Å²) in [7, 11) is 0. The number of aliphatic carboxylic acids is 1. The van der Waals surface area contributed by atoms with Gasteiger partial charge in [0.2, 0.25) is 0 Å². The highest BCUT2D eigenvalue weighted by Crippen LogP contribution is 2.22. The van der Waals surface area contributed by atoms with Crippen molar-refractivity contribution >= 4 is 12.1 Å². The van der Waals surface area contributed by atoms with Crippen molar-refractivity contribution in [2.45, 2.75) is 76.3 Å². The third-order valence-corrected chi connectivity index (χ3v) is 5.13. The molecule has 2 fully saturated rings. The smallest absolute Gasteiger partial charge is 0.407 e. The normalized spacial score (nSPS) is 17.5. The van der Waals surface area contributed by atoms with Crippen molar-refractivity contribution in [2.75, 3.05) is 39.6 Å². The van der Waals surface area contributed by atoms with Crippen molar-refractivity contribution in [3.63, 3.8) is 0 Å². The second-order valence-electron chi connectivity index (χ2n) is 7.71. The zero-order valence-corrected chi connectivity index (χ0v) is 18.2. The van der Waals surface area contributed by atoms with Crippen molar-refractivity contribution in [2.24, 2.45) is 0 Å². The summed E-state index contributed by atoms with van der Waals surface area (Å²) in [6.45, 7) is 4.32. The van der Waals surface area contributed by atoms with Gasteiger partial charge in [0.15, 0.2) is 0 Å². The van der Waals surface area contributed by atoms with Gasteiger partial charge in [-0.05, 0) is 25.7 Å². The molecular weight excluding hydrogens is 388 g/mol. The Morgan fingerprint density at radius 3 is 2.00 bits per heavy atom. The van der Waals surface area contributed by atoms with Crippen LogP contribution >= 0.6 is 0 Å². The number of carboxylic acids is 1. The van der Waals surface area contributed by atoms with Gasteiger partial charge in [0.25, 0.3) is 0 Å². The Morgan fingerprint density at radius 2 is 1.47 bits per heavy atom. The number of carbonyl (C=O) groups is 2. The van der Waals surface area contributed by atoms with E-state index >= 15 is 0 Å². The lowest BCUT2D eigenvalue weighted by molar-refractivity contribution is -0.142. The van der Waals surface area contributed by atoms with Crippen LogP contribution in [0.2, 0.25) is 0 Å². The van der Waals surface area contributed by atoms with Gasteiger partial charge in [-0.1, -0.05) is 51.2 Å². The van der Waals surface area contributed by atoms with Crippen molar-refractivity contribution < 1.29 is 28.9 Å². The van der Waals surface area contributed by atoms with Crippen LogP contribution in [0.25, 0.3) is 0 Å². The van der Waals surface area contributed by atoms with Gasteiger partial charge in [-0.2, -0.15) is 0 Å². The largest absolute Gasteiger partial charge is 0.480 e. The number of amides is 1. The van der Waals surface area contributed by atoms with Gasteiger partial charge in [-0.15, -0.1) is 0 Å². The van der Waals surface area contributed by atoms with E-state index in [2.05, 4.69) is 21.9 Å². The molecule has 3 N–H and O–H groups in total. The zero-order chi connectivity index (χ0) is 21.9. The molecule has 30 heavy (non-hydrogen) atoms. The molecule has 8 nitrogen and oxygen atoms in total. The first-order valence-electron chi connectivity index (χ1n) is 11.3. The van der Waals surface area contributed by atoms with E-state index < -0.39 is 12.1 Å². The molecule has 0 aromatic heterocycles. The Bertz CT molecular complexity index is 447. The van der Waals surface area contributed by atoms with Gasteiger partial charge in [0, 0.05) is 18.6 Å². The lowest BCUT2D eigenvalue weighted by Crippen LogP contribution is -2.40. The summed E-state index contributed by atoms with van der Waals surface area (Å²) < 4.78 is 14.4. The van der Waals surface area contributed by atoms with Gasteiger partial charge < -0.3 is 30.0 Å². The Kier molecular flexibility index (Phi) is 16.0. The number of hydrogen-bond donors (Lipinski definition) is 3. The molecule has 0 unspecified atom stereocenters. The maximum absolute atomic E-state index is 10.9. The number of nitrogens with one attached hydrogen (secondary N) is 2. The van der Waals surface area contributed by atoms with Crippen molar-refractivity contribution in [1.29, 1.82) is 0 Å². The fourth-order valence-corrected chi connectivity index (χ4v) is 3.66. The van der Waals surface area contributed by atoms with Gasteiger partial charge in [-0.3, -0.25) is 0 Å². The number of hydrogen-bond acceptors (Lipinski definition) is 6. The fraction of sp³-hybridized carbons (Fsp3) is 0.818. The molecule has 2 rings (SSSR count). The van der Waals surface area contributed by atoms with Crippen LogP contribution in [-0.2, 0) is 19.0 Å². The molecule has 0 aromatic rings. The lowest BCUT2D eigenvalue weighted by atomic mass is 9.91. The minimum absolute atomic E-state index is 0.162. The predicted octanol–water partition coefficient (Wildman–Crippen LogP) is 3.26. The first kappa shape index (κ1) is 26.4. The van der Waals surface area contributed by atoms with Crippen molar-refractivity contribution in [1.82, 2.24) is 10.6 Å². The number of carboxylic acid groups (broad SMARTS) is 1. The quantitative estimate of drug-likeness (QED) is 0.324. The van der Waals surface area contributed by atoms with Crippen LogP contribution < -0.4 is 10.6 Å². The number of alkyl carbamates (subject to hydrolysis) is 1. The average molecular weight is 429 g/mol. The molecule has 0 saturated heterocycles. The van der Waals surface area contributed by atoms with E-state index in [1.54, 1.807) is 0 Å². The Balaban J connectivity index is 0.000000308. The molecule has 0 heterocycles. The summed E-state index contributed by atoms with van der Waals surface area (Å²) in [6, 6.07) is 1.74. The SMILES string of the molecule is C1CCC(NC2CCCCC2)CC1.C=CCOC(=O)NCCOCCOCC(=O)O. The van der Waals surface area contributed by atoms with E-state index in [0.717, 1.165) is 12.1 Å². The third-order valence-electron chi connectivity index (χ3n) is 5.13. The molecular formula is C22H40N2O6. The van der Waals surface area contributed by atoms with E-state index in [-0.39, 0.29) is 26.4 Å². The summed E-state index contributed by atoms with van der Waals surface area (Å²) in [5, 5.41) is 14.6. The Hall–Kier alpha value is -1.64. The van der Waals surface area contributed by atoms with E-state index in [1.165, 1.54) is 70.3 Å². The monoisotopic (exact) mass is 428 g/mol. The molecule has 0 atom stereocenters. The van der Waals surface area contributed by atoms with Gasteiger partial charge in [0.1, 0.15) is 13.2 Å². The van der Waals surface area contributed by atoms with E-state index in [4.69, 9.17) is 14.6 Å². The first-order chi connectivity index (χ1) is 14.6. The number of rotatable bonds is 12. The number of ether oxygens (including phenoxy) is 3. The van der Waals surface area contributed by atoms with E-state index in [0.29, 0.717) is 13.2 Å². The Morgan fingerprint density at radius 1 is 0.900 bits per heavy atom. The molecule has 1 amide bonds. The minimum Gasteiger partial charge on any atom is -0.480 e. The molecule has 2 aliphatic rings. The highest BCUT2D eigenvalue weighted by atomic mass is 16.6. The van der Waals surface area contributed by atoms with Crippen LogP contribution in [0.1, 0.15) is 64.2 Å². The summed E-state index contributed by atoms with van der Waals surface area (Å²) in [6.07, 6.45) is 15.5. The van der Waals surface area contributed by atoms with E-state index in [1.807, 2.05) is 0 Å². The molecule has 0 bridgehead atoms. The highest BCUT2D eigenvalue weighted by molar-refractivity contribution is 5.68. The van der Waals surface area contributed by atoms with Crippen molar-refractivity contribution in [3.05, 3.63) is 12.7 Å². The van der Waals surface area contributed by atoms with Crippen LogP contribution in [0, 0.1) is 0 Å². The summed E-state index contributed by atoms with van der Waals surface area (Å²) in [4.78, 5) is 20.9. The zero-order valence-electron chi connectivity index (χ0n) is 18.2. The summed E-state index contributed by atoms with van der Waals surface area (Å²) in [5.74, 6) is -1.02. The second kappa shape index (κ2) is 18.2. The van der Waals surface area contributed by atoms with Crippen molar-refractivity contribution in [3.8, 4) is 0 Å². The molecule has 8 heteroatoms. The first-order valence-corrected chi connectivity index (χ1v) is 11.3.